The maximum atomic E-state index is 3.81. The van der Waals surface area contributed by atoms with Crippen LogP contribution in [-0.2, 0) is 0 Å². The third-order valence-corrected chi connectivity index (χ3v) is 4.88. The molecule has 1 saturated carbocycles. The minimum atomic E-state index is 0.432. The van der Waals surface area contributed by atoms with E-state index in [-0.39, 0.29) is 0 Å². The Labute approximate surface area is 134 Å². The standard InChI is InChI=1S/C21H27N/c1-2-6-12-18(13-7-3-1)21(19-14-8-4-9-15-19)22-20-16-10-5-11-17-20/h4-5,8-11,14-18,21-22H,1-3,6-7,12-13H2. The Morgan fingerprint density at radius 2 is 1.23 bits per heavy atom. The second kappa shape index (κ2) is 8.03. The lowest BCUT2D eigenvalue weighted by Crippen LogP contribution is -2.22. The molecule has 2 aromatic carbocycles. The Hall–Kier alpha value is -1.76. The first-order valence-corrected chi connectivity index (χ1v) is 8.80. The van der Waals surface area contributed by atoms with E-state index >= 15 is 0 Å². The van der Waals surface area contributed by atoms with Gasteiger partial charge in [0.25, 0.3) is 0 Å². The van der Waals surface area contributed by atoms with Crippen molar-refractivity contribution in [2.75, 3.05) is 5.32 Å². The van der Waals surface area contributed by atoms with E-state index in [2.05, 4.69) is 66.0 Å². The zero-order chi connectivity index (χ0) is 15.0. The van der Waals surface area contributed by atoms with Crippen molar-refractivity contribution in [1.29, 1.82) is 0 Å². The molecule has 0 amide bonds. The fourth-order valence-corrected chi connectivity index (χ4v) is 3.67. The third kappa shape index (κ3) is 4.13. The smallest absolute Gasteiger partial charge is 0.0542 e. The van der Waals surface area contributed by atoms with Crippen LogP contribution in [0, 0.1) is 5.92 Å². The molecule has 0 radical (unpaired) electrons. The number of anilines is 1. The fourth-order valence-electron chi connectivity index (χ4n) is 3.67. The molecule has 1 aliphatic carbocycles. The van der Waals surface area contributed by atoms with Gasteiger partial charge in [0, 0.05) is 5.69 Å². The lowest BCUT2D eigenvalue weighted by molar-refractivity contribution is 0.340. The van der Waals surface area contributed by atoms with Crippen molar-refractivity contribution in [2.24, 2.45) is 5.92 Å². The van der Waals surface area contributed by atoms with Crippen molar-refractivity contribution in [2.45, 2.75) is 51.0 Å². The average Bonchev–Trinajstić information content (AvgIpc) is 2.55. The number of para-hydroxylation sites is 1. The van der Waals surface area contributed by atoms with E-state index in [0.717, 1.165) is 5.92 Å². The molecule has 1 heteroatoms. The second-order valence-corrected chi connectivity index (χ2v) is 6.50. The summed E-state index contributed by atoms with van der Waals surface area (Å²) in [6.45, 7) is 0. The maximum Gasteiger partial charge on any atom is 0.0542 e. The number of hydrogen-bond acceptors (Lipinski definition) is 1. The van der Waals surface area contributed by atoms with Gasteiger partial charge in [-0.05, 0) is 36.5 Å². The van der Waals surface area contributed by atoms with E-state index in [4.69, 9.17) is 0 Å². The molecule has 1 nitrogen and oxygen atoms in total. The summed E-state index contributed by atoms with van der Waals surface area (Å²) in [6, 6.07) is 22.1. The zero-order valence-corrected chi connectivity index (χ0v) is 13.4. The van der Waals surface area contributed by atoms with Crippen LogP contribution in [0.5, 0.6) is 0 Å². The van der Waals surface area contributed by atoms with Gasteiger partial charge in [0.15, 0.2) is 0 Å². The zero-order valence-electron chi connectivity index (χ0n) is 13.4. The first kappa shape index (κ1) is 15.1. The quantitative estimate of drug-likeness (QED) is 0.707. The Morgan fingerprint density at radius 1 is 0.682 bits per heavy atom. The van der Waals surface area contributed by atoms with Gasteiger partial charge >= 0.3 is 0 Å². The van der Waals surface area contributed by atoms with E-state index in [1.54, 1.807) is 0 Å². The van der Waals surface area contributed by atoms with Crippen molar-refractivity contribution in [3.63, 3.8) is 0 Å². The van der Waals surface area contributed by atoms with E-state index in [9.17, 15) is 0 Å². The van der Waals surface area contributed by atoms with Crippen molar-refractivity contribution < 1.29 is 0 Å². The summed E-state index contributed by atoms with van der Waals surface area (Å²) < 4.78 is 0. The van der Waals surface area contributed by atoms with Gasteiger partial charge in [-0.15, -0.1) is 0 Å². The van der Waals surface area contributed by atoms with Crippen LogP contribution >= 0.6 is 0 Å². The third-order valence-electron chi connectivity index (χ3n) is 4.88. The summed E-state index contributed by atoms with van der Waals surface area (Å²) in [5.41, 5.74) is 2.66. The summed E-state index contributed by atoms with van der Waals surface area (Å²) in [5.74, 6) is 0.739. The molecule has 2 aromatic rings. The van der Waals surface area contributed by atoms with E-state index in [1.807, 2.05) is 0 Å². The summed E-state index contributed by atoms with van der Waals surface area (Å²) >= 11 is 0. The monoisotopic (exact) mass is 293 g/mol. The minimum Gasteiger partial charge on any atom is -0.378 e. The molecule has 0 saturated heterocycles. The van der Waals surface area contributed by atoms with E-state index < -0.39 is 0 Å². The molecule has 0 aliphatic heterocycles. The molecular weight excluding hydrogens is 266 g/mol. The highest BCUT2D eigenvalue weighted by Crippen LogP contribution is 2.35. The number of nitrogens with one attached hydrogen (secondary N) is 1. The number of rotatable bonds is 4. The first-order valence-electron chi connectivity index (χ1n) is 8.80. The summed E-state index contributed by atoms with van der Waals surface area (Å²) in [4.78, 5) is 0. The molecule has 0 bridgehead atoms. The molecule has 1 atom stereocenters. The lowest BCUT2D eigenvalue weighted by atomic mass is 9.82. The molecule has 0 heterocycles. The Bertz CT molecular complexity index is 526. The highest BCUT2D eigenvalue weighted by Gasteiger charge is 2.23. The van der Waals surface area contributed by atoms with Crippen molar-refractivity contribution in [3.8, 4) is 0 Å². The van der Waals surface area contributed by atoms with Crippen molar-refractivity contribution >= 4 is 5.69 Å². The molecule has 1 fully saturated rings. The highest BCUT2D eigenvalue weighted by atomic mass is 14.9. The van der Waals surface area contributed by atoms with Crippen LogP contribution in [0.2, 0.25) is 0 Å². The van der Waals surface area contributed by atoms with Crippen molar-refractivity contribution in [1.82, 2.24) is 0 Å². The molecule has 0 aromatic heterocycles. The highest BCUT2D eigenvalue weighted by molar-refractivity contribution is 5.45. The normalized spacial score (nSPS) is 18.2. The molecule has 116 valence electrons. The Morgan fingerprint density at radius 3 is 1.86 bits per heavy atom. The maximum absolute atomic E-state index is 3.81. The minimum absolute atomic E-state index is 0.432. The van der Waals surface area contributed by atoms with E-state index in [0.29, 0.717) is 6.04 Å². The molecular formula is C21H27N. The van der Waals surface area contributed by atoms with Gasteiger partial charge in [-0.2, -0.15) is 0 Å². The Balaban J connectivity index is 1.81. The Kier molecular flexibility index (Phi) is 5.53. The molecule has 1 N–H and O–H groups in total. The van der Waals surface area contributed by atoms with Crippen LogP contribution in [0.3, 0.4) is 0 Å². The van der Waals surface area contributed by atoms with Gasteiger partial charge < -0.3 is 5.32 Å². The van der Waals surface area contributed by atoms with Crippen LogP contribution in [0.4, 0.5) is 5.69 Å². The van der Waals surface area contributed by atoms with Crippen LogP contribution in [0.1, 0.15) is 56.6 Å². The van der Waals surface area contributed by atoms with Gasteiger partial charge in [-0.3, -0.25) is 0 Å². The van der Waals surface area contributed by atoms with Gasteiger partial charge in [0.05, 0.1) is 6.04 Å². The summed E-state index contributed by atoms with van der Waals surface area (Å²) in [5, 5.41) is 3.81. The first-order chi connectivity index (χ1) is 10.9. The topological polar surface area (TPSA) is 12.0 Å². The molecule has 22 heavy (non-hydrogen) atoms. The van der Waals surface area contributed by atoms with Gasteiger partial charge in [-0.1, -0.05) is 80.6 Å². The SMILES string of the molecule is c1ccc(NC(c2ccccc2)C2CCCCCCC2)cc1. The largest absolute Gasteiger partial charge is 0.378 e. The van der Waals surface area contributed by atoms with Gasteiger partial charge in [0.2, 0.25) is 0 Å². The van der Waals surface area contributed by atoms with Gasteiger partial charge in [0.1, 0.15) is 0 Å². The van der Waals surface area contributed by atoms with Crippen LogP contribution in [0.25, 0.3) is 0 Å². The summed E-state index contributed by atoms with van der Waals surface area (Å²) in [6.07, 6.45) is 9.69. The van der Waals surface area contributed by atoms with Crippen LogP contribution in [-0.4, -0.2) is 0 Å². The van der Waals surface area contributed by atoms with Crippen LogP contribution < -0.4 is 5.32 Å². The van der Waals surface area contributed by atoms with Crippen LogP contribution in [0.15, 0.2) is 60.7 Å². The fraction of sp³-hybridized carbons (Fsp3) is 0.429. The number of hydrogen-bond donors (Lipinski definition) is 1. The lowest BCUT2D eigenvalue weighted by Gasteiger charge is -2.31. The average molecular weight is 293 g/mol. The predicted octanol–water partition coefficient (Wildman–Crippen LogP) is 6.20. The second-order valence-electron chi connectivity index (χ2n) is 6.50. The number of benzene rings is 2. The molecule has 3 rings (SSSR count). The molecule has 0 spiro atoms. The summed E-state index contributed by atoms with van der Waals surface area (Å²) in [7, 11) is 0. The van der Waals surface area contributed by atoms with E-state index in [1.165, 1.54) is 56.2 Å². The molecule has 1 unspecified atom stereocenters. The molecule has 1 aliphatic rings. The van der Waals surface area contributed by atoms with Gasteiger partial charge in [-0.25, -0.2) is 0 Å². The predicted molar refractivity (Wildman–Crippen MR) is 95.1 cm³/mol. The van der Waals surface area contributed by atoms with Crippen molar-refractivity contribution in [3.05, 3.63) is 66.2 Å².